The van der Waals surface area contributed by atoms with Crippen LogP contribution in [0.2, 0.25) is 0 Å². The number of halogens is 2. The van der Waals surface area contributed by atoms with E-state index in [1.807, 2.05) is 0 Å². The van der Waals surface area contributed by atoms with Crippen molar-refractivity contribution in [2.75, 3.05) is 13.1 Å². The van der Waals surface area contributed by atoms with Gasteiger partial charge in [0.2, 0.25) is 0 Å². The molecule has 0 spiro atoms. The zero-order valence-corrected chi connectivity index (χ0v) is 8.80. The summed E-state index contributed by atoms with van der Waals surface area (Å²) in [6, 6.07) is 3.01. The maximum absolute atomic E-state index is 13.2. The van der Waals surface area contributed by atoms with Gasteiger partial charge >= 0.3 is 0 Å². The standard InChI is InChI=1S/C12H13F2NO/c13-9-3-4-10(11(14)5-9)12(16)7-15-6-8-1-2-8/h3-5,8,15H,1-2,6-7H2. The monoisotopic (exact) mass is 225 g/mol. The van der Waals surface area contributed by atoms with Gasteiger partial charge in [0.15, 0.2) is 5.78 Å². The maximum Gasteiger partial charge on any atom is 0.179 e. The van der Waals surface area contributed by atoms with Crippen LogP contribution in [0, 0.1) is 17.6 Å². The van der Waals surface area contributed by atoms with Gasteiger partial charge in [0, 0.05) is 6.07 Å². The predicted molar refractivity (Wildman–Crippen MR) is 56.3 cm³/mol. The van der Waals surface area contributed by atoms with Crippen molar-refractivity contribution in [3.05, 3.63) is 35.4 Å². The topological polar surface area (TPSA) is 29.1 Å². The molecule has 1 fully saturated rings. The van der Waals surface area contributed by atoms with E-state index in [9.17, 15) is 13.6 Å². The van der Waals surface area contributed by atoms with Crippen LogP contribution in [-0.4, -0.2) is 18.9 Å². The van der Waals surface area contributed by atoms with Gasteiger partial charge in [-0.05, 0) is 37.4 Å². The minimum absolute atomic E-state index is 0.0512. The quantitative estimate of drug-likeness (QED) is 0.778. The number of carbonyl (C=O) groups is 1. The Bertz CT molecular complexity index is 402. The third-order valence-electron chi connectivity index (χ3n) is 2.65. The summed E-state index contributed by atoms with van der Waals surface area (Å²) in [5.74, 6) is -1.12. The van der Waals surface area contributed by atoms with Gasteiger partial charge in [0.05, 0.1) is 12.1 Å². The van der Waals surface area contributed by atoms with Crippen molar-refractivity contribution in [1.82, 2.24) is 5.32 Å². The third-order valence-corrected chi connectivity index (χ3v) is 2.65. The summed E-state index contributed by atoms with van der Waals surface area (Å²) in [6.45, 7) is 0.910. The smallest absolute Gasteiger partial charge is 0.179 e. The molecule has 0 radical (unpaired) electrons. The fourth-order valence-electron chi connectivity index (χ4n) is 1.52. The highest BCUT2D eigenvalue weighted by molar-refractivity contribution is 5.97. The second-order valence-electron chi connectivity index (χ2n) is 4.12. The summed E-state index contributed by atoms with van der Waals surface area (Å²) in [5.41, 5.74) is -0.0512. The predicted octanol–water partition coefficient (Wildman–Crippen LogP) is 2.15. The van der Waals surface area contributed by atoms with Crippen molar-refractivity contribution in [2.45, 2.75) is 12.8 Å². The number of hydrogen-bond donors (Lipinski definition) is 1. The molecule has 1 aliphatic rings. The average molecular weight is 225 g/mol. The summed E-state index contributed by atoms with van der Waals surface area (Å²) in [4.78, 5) is 11.6. The van der Waals surface area contributed by atoms with E-state index >= 15 is 0 Å². The summed E-state index contributed by atoms with van der Waals surface area (Å²) in [6.07, 6.45) is 2.40. The Hall–Kier alpha value is -1.29. The molecule has 2 rings (SSSR count). The van der Waals surface area contributed by atoms with Gasteiger partial charge in [-0.1, -0.05) is 0 Å². The van der Waals surface area contributed by atoms with Gasteiger partial charge < -0.3 is 5.32 Å². The zero-order valence-electron chi connectivity index (χ0n) is 8.80. The SMILES string of the molecule is O=C(CNCC1CC1)c1ccc(F)cc1F. The fraction of sp³-hybridized carbons (Fsp3) is 0.417. The lowest BCUT2D eigenvalue weighted by Crippen LogP contribution is -2.25. The molecular weight excluding hydrogens is 212 g/mol. The molecule has 0 bridgehead atoms. The molecule has 2 nitrogen and oxygen atoms in total. The molecule has 1 aromatic carbocycles. The minimum Gasteiger partial charge on any atom is -0.309 e. The molecule has 0 heterocycles. The lowest BCUT2D eigenvalue weighted by molar-refractivity contribution is 0.0987. The van der Waals surface area contributed by atoms with Crippen molar-refractivity contribution in [1.29, 1.82) is 0 Å². The number of carbonyl (C=O) groups excluding carboxylic acids is 1. The first-order valence-corrected chi connectivity index (χ1v) is 5.36. The van der Waals surface area contributed by atoms with Gasteiger partial charge in [-0.15, -0.1) is 0 Å². The van der Waals surface area contributed by atoms with Gasteiger partial charge in [-0.25, -0.2) is 8.78 Å². The van der Waals surface area contributed by atoms with Gasteiger partial charge in [0.25, 0.3) is 0 Å². The van der Waals surface area contributed by atoms with Crippen LogP contribution in [0.5, 0.6) is 0 Å². The van der Waals surface area contributed by atoms with E-state index in [4.69, 9.17) is 0 Å². The van der Waals surface area contributed by atoms with Crippen molar-refractivity contribution < 1.29 is 13.6 Å². The van der Waals surface area contributed by atoms with E-state index in [1.54, 1.807) is 0 Å². The lowest BCUT2D eigenvalue weighted by Gasteiger charge is -2.04. The fourth-order valence-corrected chi connectivity index (χ4v) is 1.52. The van der Waals surface area contributed by atoms with Crippen molar-refractivity contribution in [3.8, 4) is 0 Å². The Kier molecular flexibility index (Phi) is 3.29. The maximum atomic E-state index is 13.2. The van der Waals surface area contributed by atoms with Crippen LogP contribution in [0.25, 0.3) is 0 Å². The number of rotatable bonds is 5. The molecule has 1 saturated carbocycles. The molecule has 0 amide bonds. The Morgan fingerprint density at radius 1 is 1.38 bits per heavy atom. The Balaban J connectivity index is 1.91. The van der Waals surface area contributed by atoms with E-state index in [0.29, 0.717) is 5.92 Å². The summed E-state index contributed by atoms with van der Waals surface area (Å²) in [7, 11) is 0. The molecule has 1 aromatic rings. The van der Waals surface area contributed by atoms with Crippen LogP contribution < -0.4 is 5.32 Å². The number of benzene rings is 1. The van der Waals surface area contributed by atoms with Crippen molar-refractivity contribution in [2.24, 2.45) is 5.92 Å². The number of hydrogen-bond acceptors (Lipinski definition) is 2. The molecule has 1 aliphatic carbocycles. The minimum atomic E-state index is -0.793. The van der Waals surface area contributed by atoms with Crippen molar-refractivity contribution >= 4 is 5.78 Å². The first-order valence-electron chi connectivity index (χ1n) is 5.36. The Labute approximate surface area is 92.7 Å². The van der Waals surface area contributed by atoms with E-state index < -0.39 is 11.6 Å². The van der Waals surface area contributed by atoms with Gasteiger partial charge in [-0.2, -0.15) is 0 Å². The number of nitrogens with one attached hydrogen (secondary N) is 1. The van der Waals surface area contributed by atoms with Gasteiger partial charge in [0.1, 0.15) is 11.6 Å². The molecule has 0 aromatic heterocycles. The third kappa shape index (κ3) is 2.85. The highest BCUT2D eigenvalue weighted by Crippen LogP contribution is 2.27. The van der Waals surface area contributed by atoms with Crippen LogP contribution in [0.3, 0.4) is 0 Å². The molecule has 0 atom stereocenters. The van der Waals surface area contributed by atoms with Crippen LogP contribution in [0.4, 0.5) is 8.78 Å². The molecule has 0 aliphatic heterocycles. The Morgan fingerprint density at radius 2 is 2.12 bits per heavy atom. The number of Topliss-reactive ketones (excluding diaryl/α,β-unsaturated/α-hetero) is 1. The Morgan fingerprint density at radius 3 is 2.75 bits per heavy atom. The van der Waals surface area contributed by atoms with E-state index in [2.05, 4.69) is 5.32 Å². The number of ketones is 1. The molecule has 16 heavy (non-hydrogen) atoms. The largest absolute Gasteiger partial charge is 0.309 e. The van der Waals surface area contributed by atoms with Gasteiger partial charge in [-0.3, -0.25) is 4.79 Å². The van der Waals surface area contributed by atoms with Crippen LogP contribution >= 0.6 is 0 Å². The normalized spacial score (nSPS) is 15.1. The van der Waals surface area contributed by atoms with Crippen LogP contribution in [0.1, 0.15) is 23.2 Å². The van der Waals surface area contributed by atoms with Crippen LogP contribution in [-0.2, 0) is 0 Å². The average Bonchev–Trinajstić information content (AvgIpc) is 3.01. The van der Waals surface area contributed by atoms with E-state index in [0.717, 1.165) is 18.7 Å². The molecule has 86 valence electrons. The van der Waals surface area contributed by atoms with E-state index in [1.165, 1.54) is 18.9 Å². The summed E-state index contributed by atoms with van der Waals surface area (Å²) in [5, 5.41) is 2.98. The molecular formula is C12H13F2NO. The zero-order chi connectivity index (χ0) is 11.5. The summed E-state index contributed by atoms with van der Waals surface area (Å²) >= 11 is 0. The lowest BCUT2D eigenvalue weighted by atomic mass is 10.1. The van der Waals surface area contributed by atoms with Crippen LogP contribution in [0.15, 0.2) is 18.2 Å². The second kappa shape index (κ2) is 4.70. The highest BCUT2D eigenvalue weighted by atomic mass is 19.1. The van der Waals surface area contributed by atoms with E-state index in [-0.39, 0.29) is 17.9 Å². The van der Waals surface area contributed by atoms with Crippen molar-refractivity contribution in [3.63, 3.8) is 0 Å². The molecule has 1 N–H and O–H groups in total. The molecule has 0 saturated heterocycles. The summed E-state index contributed by atoms with van der Waals surface area (Å²) < 4.78 is 25.8. The molecule has 4 heteroatoms. The first kappa shape index (κ1) is 11.2. The highest BCUT2D eigenvalue weighted by Gasteiger charge is 2.21. The molecule has 0 unspecified atom stereocenters. The first-order chi connectivity index (χ1) is 7.66. The second-order valence-corrected chi connectivity index (χ2v) is 4.12.